The standard InChI is InChI=1S/C11H16N4O2/c1-11(2,3)17-10(16)15-5-7(8(13)4-12)9(14)6-15/h13H,5-6,14H2,1-3H3/p+1. The molecule has 17 heavy (non-hydrogen) atoms. The van der Waals surface area contributed by atoms with E-state index in [0.29, 0.717) is 11.3 Å². The lowest BCUT2D eigenvalue weighted by atomic mass is 10.1. The third kappa shape index (κ3) is 3.21. The Hall–Kier alpha value is -2.03. The number of hydrogen-bond donors (Lipinski definition) is 2. The van der Waals surface area contributed by atoms with Gasteiger partial charge < -0.3 is 10.5 Å². The molecule has 0 unspecified atom stereocenters. The molecule has 92 valence electrons. The fourth-order valence-electron chi connectivity index (χ4n) is 1.43. The second kappa shape index (κ2) is 4.45. The molecule has 1 amide bonds. The summed E-state index contributed by atoms with van der Waals surface area (Å²) in [6.45, 7) is 5.82. The van der Waals surface area contributed by atoms with E-state index in [1.807, 2.05) is 6.07 Å². The predicted octanol–water partition coefficient (Wildman–Crippen LogP) is -0.826. The zero-order chi connectivity index (χ0) is 13.2. The Morgan fingerprint density at radius 3 is 2.59 bits per heavy atom. The maximum Gasteiger partial charge on any atom is 0.410 e. The Kier molecular flexibility index (Phi) is 3.42. The lowest BCUT2D eigenvalue weighted by Crippen LogP contribution is -2.42. The molecular weight excluding hydrogens is 220 g/mol. The molecular formula is C11H17N4O2+. The zero-order valence-corrected chi connectivity index (χ0v) is 10.3. The molecule has 1 aliphatic heterocycles. The molecule has 6 heteroatoms. The van der Waals surface area contributed by atoms with Crippen LogP contribution in [0, 0.1) is 11.3 Å². The van der Waals surface area contributed by atoms with E-state index in [1.165, 1.54) is 4.90 Å². The molecule has 1 rings (SSSR count). The molecule has 0 bridgehead atoms. The van der Waals surface area contributed by atoms with Gasteiger partial charge >= 0.3 is 6.09 Å². The van der Waals surface area contributed by atoms with Crippen LogP contribution in [-0.2, 0) is 4.74 Å². The van der Waals surface area contributed by atoms with Gasteiger partial charge in [0.15, 0.2) is 6.07 Å². The first-order valence-electron chi connectivity index (χ1n) is 5.23. The van der Waals surface area contributed by atoms with Gasteiger partial charge in [-0.1, -0.05) is 0 Å². The van der Waals surface area contributed by atoms with E-state index >= 15 is 0 Å². The highest BCUT2D eigenvalue weighted by atomic mass is 16.6. The SMILES string of the molecule is CC(C)(C)OC(=O)N1CC(N)=C(C(=[NH2+])C#N)C1. The van der Waals surface area contributed by atoms with E-state index in [2.05, 4.69) is 0 Å². The summed E-state index contributed by atoms with van der Waals surface area (Å²) >= 11 is 0. The Labute approximate surface area is 100 Å². The van der Waals surface area contributed by atoms with Crippen LogP contribution in [0.15, 0.2) is 11.3 Å². The molecule has 0 aromatic rings. The summed E-state index contributed by atoms with van der Waals surface area (Å²) in [6.07, 6.45) is -0.457. The Morgan fingerprint density at radius 1 is 1.53 bits per heavy atom. The number of hydrogen-bond acceptors (Lipinski definition) is 4. The summed E-state index contributed by atoms with van der Waals surface area (Å²) in [5.74, 6) is 0. The van der Waals surface area contributed by atoms with Crippen LogP contribution in [0.25, 0.3) is 0 Å². The van der Waals surface area contributed by atoms with Crippen molar-refractivity contribution in [3.05, 3.63) is 11.3 Å². The van der Waals surface area contributed by atoms with Gasteiger partial charge in [0.1, 0.15) is 5.60 Å². The molecule has 0 spiro atoms. The average Bonchev–Trinajstić information content (AvgIpc) is 2.57. The fourth-order valence-corrected chi connectivity index (χ4v) is 1.43. The van der Waals surface area contributed by atoms with E-state index in [0.717, 1.165) is 0 Å². The second-order valence-corrected chi connectivity index (χ2v) is 4.87. The van der Waals surface area contributed by atoms with Crippen molar-refractivity contribution in [3.8, 4) is 6.07 Å². The number of nitriles is 1. The number of nitrogens with two attached hydrogens (primary N) is 2. The first-order valence-corrected chi connectivity index (χ1v) is 5.23. The smallest absolute Gasteiger partial charge is 0.410 e. The largest absolute Gasteiger partial charge is 0.444 e. The number of carbonyl (C=O) groups excluding carboxylic acids is 1. The van der Waals surface area contributed by atoms with Gasteiger partial charge in [-0.2, -0.15) is 5.26 Å². The Morgan fingerprint density at radius 2 is 2.12 bits per heavy atom. The van der Waals surface area contributed by atoms with Crippen LogP contribution in [0.3, 0.4) is 0 Å². The lowest BCUT2D eigenvalue weighted by Gasteiger charge is -2.24. The summed E-state index contributed by atoms with van der Waals surface area (Å²) in [7, 11) is 0. The molecule has 4 N–H and O–H groups in total. The lowest BCUT2D eigenvalue weighted by molar-refractivity contribution is -0.110. The highest BCUT2D eigenvalue weighted by Crippen LogP contribution is 2.17. The molecule has 0 fully saturated rings. The molecule has 1 aliphatic rings. The minimum absolute atomic E-state index is 0.0496. The molecule has 0 atom stereocenters. The van der Waals surface area contributed by atoms with E-state index in [4.69, 9.17) is 21.1 Å². The third-order valence-corrected chi connectivity index (χ3v) is 2.20. The van der Waals surface area contributed by atoms with Crippen LogP contribution < -0.4 is 11.1 Å². The average molecular weight is 237 g/mol. The zero-order valence-electron chi connectivity index (χ0n) is 10.3. The number of ether oxygens (including phenoxy) is 1. The number of rotatable bonds is 1. The van der Waals surface area contributed by atoms with Gasteiger partial charge in [-0.25, -0.2) is 10.2 Å². The van der Waals surface area contributed by atoms with Gasteiger partial charge in [-0.05, 0) is 20.8 Å². The van der Waals surface area contributed by atoms with E-state index < -0.39 is 11.7 Å². The molecule has 0 aromatic carbocycles. The number of carbonyl (C=O) groups is 1. The highest BCUT2D eigenvalue weighted by molar-refractivity contribution is 6.08. The fraction of sp³-hybridized carbons (Fsp3) is 0.545. The van der Waals surface area contributed by atoms with Crippen LogP contribution in [0.5, 0.6) is 0 Å². The van der Waals surface area contributed by atoms with Crippen LogP contribution in [0.2, 0.25) is 0 Å². The monoisotopic (exact) mass is 237 g/mol. The summed E-state index contributed by atoms with van der Waals surface area (Å²) in [5, 5.41) is 14.2. The van der Waals surface area contributed by atoms with Gasteiger partial charge in [0, 0.05) is 5.70 Å². The van der Waals surface area contributed by atoms with Crippen molar-refractivity contribution >= 4 is 11.8 Å². The van der Waals surface area contributed by atoms with Crippen molar-refractivity contribution in [3.63, 3.8) is 0 Å². The number of amides is 1. The molecule has 6 nitrogen and oxygen atoms in total. The first-order chi connectivity index (χ1) is 7.74. The van der Waals surface area contributed by atoms with Gasteiger partial charge in [0.2, 0.25) is 0 Å². The molecule has 1 heterocycles. The summed E-state index contributed by atoms with van der Waals surface area (Å²) in [5.41, 5.74) is 6.17. The maximum atomic E-state index is 11.8. The molecule has 0 aromatic heterocycles. The van der Waals surface area contributed by atoms with Crippen molar-refractivity contribution in [2.24, 2.45) is 5.73 Å². The van der Waals surface area contributed by atoms with Crippen molar-refractivity contribution in [1.29, 1.82) is 5.26 Å². The quantitative estimate of drug-likeness (QED) is 0.581. The topological polar surface area (TPSA) is 105 Å². The summed E-state index contributed by atoms with van der Waals surface area (Å²) < 4.78 is 5.20. The second-order valence-electron chi connectivity index (χ2n) is 4.87. The van der Waals surface area contributed by atoms with Crippen LogP contribution in [-0.4, -0.2) is 35.4 Å². The normalized spacial score (nSPS) is 15.8. The Balaban J connectivity index is 2.69. The van der Waals surface area contributed by atoms with E-state index in [1.54, 1.807) is 20.8 Å². The molecule has 0 aliphatic carbocycles. The van der Waals surface area contributed by atoms with E-state index in [-0.39, 0.29) is 18.8 Å². The Bertz CT molecular complexity index is 426. The highest BCUT2D eigenvalue weighted by Gasteiger charge is 2.31. The van der Waals surface area contributed by atoms with Gasteiger partial charge in [0.25, 0.3) is 5.71 Å². The maximum absolute atomic E-state index is 11.8. The van der Waals surface area contributed by atoms with Crippen LogP contribution >= 0.6 is 0 Å². The van der Waals surface area contributed by atoms with Crippen molar-refractivity contribution in [2.75, 3.05) is 13.1 Å². The van der Waals surface area contributed by atoms with Crippen LogP contribution in [0.4, 0.5) is 4.79 Å². The predicted molar refractivity (Wildman–Crippen MR) is 61.6 cm³/mol. The van der Waals surface area contributed by atoms with Crippen molar-refractivity contribution < 1.29 is 14.9 Å². The minimum Gasteiger partial charge on any atom is -0.444 e. The summed E-state index contributed by atoms with van der Waals surface area (Å²) in [6, 6.07) is 1.82. The van der Waals surface area contributed by atoms with Gasteiger partial charge in [0.05, 0.1) is 18.7 Å². The van der Waals surface area contributed by atoms with E-state index in [9.17, 15) is 4.79 Å². The van der Waals surface area contributed by atoms with Crippen LogP contribution in [0.1, 0.15) is 20.8 Å². The van der Waals surface area contributed by atoms with Crippen molar-refractivity contribution in [2.45, 2.75) is 26.4 Å². The van der Waals surface area contributed by atoms with Gasteiger partial charge in [-0.3, -0.25) is 4.90 Å². The molecule has 0 saturated heterocycles. The number of nitrogens with zero attached hydrogens (tertiary/aromatic N) is 2. The van der Waals surface area contributed by atoms with Gasteiger partial charge in [-0.15, -0.1) is 0 Å². The summed E-state index contributed by atoms with van der Waals surface area (Å²) in [4.78, 5) is 13.2. The molecule has 0 radical (unpaired) electrons. The minimum atomic E-state index is -0.556. The van der Waals surface area contributed by atoms with Crippen molar-refractivity contribution in [1.82, 2.24) is 4.90 Å². The molecule has 0 saturated carbocycles. The third-order valence-electron chi connectivity index (χ3n) is 2.20. The first kappa shape index (κ1) is 13.0.